The first-order valence-corrected chi connectivity index (χ1v) is 8.71. The smallest absolute Gasteiger partial charge is 0.315 e. The van der Waals surface area contributed by atoms with Crippen LogP contribution in [0.2, 0.25) is 0 Å². The third-order valence-corrected chi connectivity index (χ3v) is 4.04. The summed E-state index contributed by atoms with van der Waals surface area (Å²) in [6, 6.07) is 7.71. The van der Waals surface area contributed by atoms with Crippen LogP contribution in [0.25, 0.3) is 11.3 Å². The lowest BCUT2D eigenvalue weighted by Gasteiger charge is -2.23. The van der Waals surface area contributed by atoms with E-state index in [-0.39, 0.29) is 5.97 Å². The Morgan fingerprint density at radius 2 is 1.96 bits per heavy atom. The first kappa shape index (κ1) is 19.8. The number of hydrogen-bond donors (Lipinski definition) is 0. The van der Waals surface area contributed by atoms with Crippen LogP contribution in [0.4, 0.5) is 0 Å². The average Bonchev–Trinajstić information content (AvgIpc) is 2.66. The molecule has 26 heavy (non-hydrogen) atoms. The van der Waals surface area contributed by atoms with Crippen molar-refractivity contribution in [1.82, 2.24) is 9.97 Å². The van der Waals surface area contributed by atoms with Crippen molar-refractivity contribution in [3.8, 4) is 17.1 Å². The van der Waals surface area contributed by atoms with Gasteiger partial charge in [-0.1, -0.05) is 18.2 Å². The van der Waals surface area contributed by atoms with Gasteiger partial charge in [-0.15, -0.1) is 0 Å². The van der Waals surface area contributed by atoms with E-state index in [1.807, 2.05) is 38.1 Å². The average molecular weight is 358 g/mol. The third kappa shape index (κ3) is 5.02. The molecule has 0 aliphatic rings. The van der Waals surface area contributed by atoms with E-state index in [0.29, 0.717) is 25.7 Å². The summed E-state index contributed by atoms with van der Waals surface area (Å²) in [6.07, 6.45) is 4.07. The van der Waals surface area contributed by atoms with Crippen molar-refractivity contribution >= 4 is 5.97 Å². The molecule has 0 radical (unpaired) electrons. The molecule has 0 spiro atoms. The zero-order valence-corrected chi connectivity index (χ0v) is 15.8. The van der Waals surface area contributed by atoms with E-state index in [1.54, 1.807) is 26.4 Å². The van der Waals surface area contributed by atoms with Crippen molar-refractivity contribution in [2.45, 2.75) is 32.6 Å². The van der Waals surface area contributed by atoms with Crippen LogP contribution in [0, 0.1) is 0 Å². The molecule has 0 unspecified atom stereocenters. The molecule has 1 aromatic carbocycles. The van der Waals surface area contributed by atoms with Crippen LogP contribution in [-0.4, -0.2) is 42.9 Å². The molecule has 0 atom stereocenters. The van der Waals surface area contributed by atoms with Gasteiger partial charge in [-0.25, -0.2) is 9.97 Å². The van der Waals surface area contributed by atoms with Gasteiger partial charge in [0.2, 0.25) is 5.88 Å². The number of aromatic nitrogens is 2. The number of esters is 1. The van der Waals surface area contributed by atoms with Crippen LogP contribution >= 0.6 is 0 Å². The molecule has 1 aromatic heterocycles. The highest BCUT2D eigenvalue weighted by molar-refractivity contribution is 5.82. The van der Waals surface area contributed by atoms with Crippen LogP contribution in [0.1, 0.15) is 32.8 Å². The maximum absolute atomic E-state index is 12.2. The summed E-state index contributed by atoms with van der Waals surface area (Å²) in [5.41, 5.74) is 1.74. The van der Waals surface area contributed by atoms with Crippen LogP contribution in [0.3, 0.4) is 0 Å². The normalized spacial score (nSPS) is 11.2. The molecule has 0 saturated carbocycles. The number of rotatable bonds is 9. The molecule has 140 valence electrons. The Hall–Kier alpha value is -2.47. The Balaban J connectivity index is 2.13. The van der Waals surface area contributed by atoms with E-state index in [0.717, 1.165) is 23.2 Å². The fourth-order valence-corrected chi connectivity index (χ4v) is 2.42. The highest BCUT2D eigenvalue weighted by Crippen LogP contribution is 2.28. The van der Waals surface area contributed by atoms with E-state index < -0.39 is 5.41 Å². The molecule has 0 aliphatic heterocycles. The molecule has 0 fully saturated rings. The second-order valence-electron chi connectivity index (χ2n) is 6.36. The van der Waals surface area contributed by atoms with Crippen molar-refractivity contribution in [3.63, 3.8) is 0 Å². The molecular weight excluding hydrogens is 332 g/mol. The second kappa shape index (κ2) is 9.29. The molecule has 0 aliphatic carbocycles. The van der Waals surface area contributed by atoms with Gasteiger partial charge in [-0.2, -0.15) is 0 Å². The number of methoxy groups -OCH3 is 1. The van der Waals surface area contributed by atoms with Gasteiger partial charge in [0.1, 0.15) is 0 Å². The molecule has 2 aromatic rings. The number of carbonyl (C=O) groups is 1. The maximum Gasteiger partial charge on any atom is 0.315 e. The number of hydrogen-bond acceptors (Lipinski definition) is 6. The Bertz CT molecular complexity index is 714. The SMILES string of the molecule is CCOC(=O)C(C)(C)c1cccc(-c2cnc(OCCCOC)cn2)c1. The fraction of sp³-hybridized carbons (Fsp3) is 0.450. The van der Waals surface area contributed by atoms with E-state index in [9.17, 15) is 4.79 Å². The predicted octanol–water partition coefficient (Wildman–Crippen LogP) is 3.40. The third-order valence-electron chi connectivity index (χ3n) is 4.04. The Morgan fingerprint density at radius 3 is 2.62 bits per heavy atom. The zero-order chi connectivity index (χ0) is 19.0. The Labute approximate surface area is 154 Å². The molecule has 6 heteroatoms. The first-order valence-electron chi connectivity index (χ1n) is 8.71. The summed E-state index contributed by atoms with van der Waals surface area (Å²) in [7, 11) is 1.66. The highest BCUT2D eigenvalue weighted by atomic mass is 16.5. The van der Waals surface area contributed by atoms with Crippen LogP contribution < -0.4 is 4.74 Å². The topological polar surface area (TPSA) is 70.5 Å². The van der Waals surface area contributed by atoms with Crippen molar-refractivity contribution in [1.29, 1.82) is 0 Å². The molecule has 0 amide bonds. The number of benzene rings is 1. The fourth-order valence-electron chi connectivity index (χ4n) is 2.42. The monoisotopic (exact) mass is 358 g/mol. The Kier molecular flexibility index (Phi) is 7.09. The van der Waals surface area contributed by atoms with Gasteiger partial charge in [0.15, 0.2) is 0 Å². The van der Waals surface area contributed by atoms with E-state index in [1.165, 1.54) is 0 Å². The summed E-state index contributed by atoms with van der Waals surface area (Å²) in [6.45, 7) is 7.05. The summed E-state index contributed by atoms with van der Waals surface area (Å²) in [5.74, 6) is 0.232. The lowest BCUT2D eigenvalue weighted by atomic mass is 9.84. The molecule has 1 heterocycles. The minimum Gasteiger partial charge on any atom is -0.476 e. The largest absolute Gasteiger partial charge is 0.476 e. The molecule has 6 nitrogen and oxygen atoms in total. The van der Waals surface area contributed by atoms with E-state index in [2.05, 4.69) is 9.97 Å². The Morgan fingerprint density at radius 1 is 1.15 bits per heavy atom. The minimum absolute atomic E-state index is 0.247. The van der Waals surface area contributed by atoms with Crippen molar-refractivity contribution in [3.05, 3.63) is 42.2 Å². The quantitative estimate of drug-likeness (QED) is 0.505. The zero-order valence-electron chi connectivity index (χ0n) is 15.8. The van der Waals surface area contributed by atoms with Gasteiger partial charge in [0.05, 0.1) is 36.7 Å². The van der Waals surface area contributed by atoms with Crippen molar-refractivity contribution in [2.75, 3.05) is 26.9 Å². The van der Waals surface area contributed by atoms with Gasteiger partial charge in [-0.05, 0) is 32.4 Å². The molecular formula is C20H26N2O4. The van der Waals surface area contributed by atoms with Crippen molar-refractivity contribution < 1.29 is 19.0 Å². The van der Waals surface area contributed by atoms with Gasteiger partial charge in [-0.3, -0.25) is 4.79 Å². The number of nitrogens with zero attached hydrogens (tertiary/aromatic N) is 2. The lowest BCUT2D eigenvalue weighted by Crippen LogP contribution is -2.31. The van der Waals surface area contributed by atoms with Gasteiger partial charge in [0, 0.05) is 25.7 Å². The molecule has 0 saturated heterocycles. The molecule has 2 rings (SSSR count). The number of ether oxygens (including phenoxy) is 3. The van der Waals surface area contributed by atoms with Crippen LogP contribution in [-0.2, 0) is 19.7 Å². The predicted molar refractivity (Wildman–Crippen MR) is 99.1 cm³/mol. The van der Waals surface area contributed by atoms with Crippen LogP contribution in [0.5, 0.6) is 5.88 Å². The van der Waals surface area contributed by atoms with Crippen molar-refractivity contribution in [2.24, 2.45) is 0 Å². The second-order valence-corrected chi connectivity index (χ2v) is 6.36. The molecule has 0 bridgehead atoms. The minimum atomic E-state index is -0.732. The standard InChI is InChI=1S/C20H26N2O4/c1-5-25-19(23)20(2,3)16-9-6-8-15(12-16)17-13-22-18(14-21-17)26-11-7-10-24-4/h6,8-9,12-14H,5,7,10-11H2,1-4H3. The number of carbonyl (C=O) groups excluding carboxylic acids is 1. The summed E-state index contributed by atoms with van der Waals surface area (Å²) in [4.78, 5) is 20.9. The summed E-state index contributed by atoms with van der Waals surface area (Å²) in [5, 5.41) is 0. The van der Waals surface area contributed by atoms with Gasteiger partial charge < -0.3 is 14.2 Å². The molecule has 0 N–H and O–H groups in total. The van der Waals surface area contributed by atoms with E-state index >= 15 is 0 Å². The summed E-state index contributed by atoms with van der Waals surface area (Å²) >= 11 is 0. The first-order chi connectivity index (χ1) is 12.5. The van der Waals surface area contributed by atoms with Gasteiger partial charge >= 0.3 is 5.97 Å². The van der Waals surface area contributed by atoms with Crippen LogP contribution in [0.15, 0.2) is 36.7 Å². The van der Waals surface area contributed by atoms with E-state index in [4.69, 9.17) is 14.2 Å². The maximum atomic E-state index is 12.2. The lowest BCUT2D eigenvalue weighted by molar-refractivity contribution is -0.148. The van der Waals surface area contributed by atoms with Gasteiger partial charge in [0.25, 0.3) is 0 Å². The highest BCUT2D eigenvalue weighted by Gasteiger charge is 2.31. The summed E-state index contributed by atoms with van der Waals surface area (Å²) < 4.78 is 15.7.